The van der Waals surface area contributed by atoms with E-state index in [4.69, 9.17) is 16.3 Å². The number of nitrogens with one attached hydrogen (secondary N) is 1. The first kappa shape index (κ1) is 15.9. The highest BCUT2D eigenvalue weighted by Gasteiger charge is 2.17. The van der Waals surface area contributed by atoms with Gasteiger partial charge >= 0.3 is 0 Å². The number of alkyl halides is 1. The molecule has 0 fully saturated rings. The van der Waals surface area contributed by atoms with Crippen LogP contribution in [-0.2, 0) is 0 Å². The summed E-state index contributed by atoms with van der Waals surface area (Å²) in [5.74, 6) is 0.734. The van der Waals surface area contributed by atoms with Crippen molar-refractivity contribution in [2.24, 2.45) is 0 Å². The smallest absolute Gasteiger partial charge is 0.253 e. The molecule has 0 aliphatic rings. The van der Waals surface area contributed by atoms with Crippen molar-refractivity contribution in [3.05, 3.63) is 64.1 Å². The van der Waals surface area contributed by atoms with Crippen LogP contribution in [0.4, 0.5) is 0 Å². The van der Waals surface area contributed by atoms with Gasteiger partial charge in [-0.1, -0.05) is 30.3 Å². The SMILES string of the molecule is COc1ccc(Br)c(C(=O)NC(CCl)c2ccccc2)c1. The molecule has 2 aromatic carbocycles. The van der Waals surface area contributed by atoms with Crippen molar-refractivity contribution in [1.29, 1.82) is 0 Å². The Morgan fingerprint density at radius 3 is 2.62 bits per heavy atom. The van der Waals surface area contributed by atoms with Gasteiger partial charge in [0.2, 0.25) is 0 Å². The molecule has 0 aliphatic carbocycles. The Bertz CT molecular complexity index is 619. The summed E-state index contributed by atoms with van der Waals surface area (Å²) in [7, 11) is 1.57. The molecule has 0 heterocycles. The molecule has 110 valence electrons. The van der Waals surface area contributed by atoms with Gasteiger partial charge < -0.3 is 10.1 Å². The van der Waals surface area contributed by atoms with Crippen molar-refractivity contribution in [2.75, 3.05) is 13.0 Å². The van der Waals surface area contributed by atoms with Crippen molar-refractivity contribution in [2.45, 2.75) is 6.04 Å². The molecule has 2 aromatic rings. The van der Waals surface area contributed by atoms with Gasteiger partial charge in [0.1, 0.15) is 5.75 Å². The Morgan fingerprint density at radius 2 is 2.00 bits per heavy atom. The summed E-state index contributed by atoms with van der Waals surface area (Å²) < 4.78 is 5.86. The lowest BCUT2D eigenvalue weighted by molar-refractivity contribution is 0.0939. The van der Waals surface area contributed by atoms with Gasteiger partial charge in [0, 0.05) is 10.4 Å². The summed E-state index contributed by atoms with van der Waals surface area (Å²) in [4.78, 5) is 12.4. The van der Waals surface area contributed by atoms with Crippen molar-refractivity contribution in [3.8, 4) is 5.75 Å². The minimum atomic E-state index is -0.238. The first-order valence-electron chi connectivity index (χ1n) is 6.41. The Hall–Kier alpha value is -1.52. The zero-order valence-corrected chi connectivity index (χ0v) is 13.8. The zero-order valence-electron chi connectivity index (χ0n) is 11.5. The molecule has 1 N–H and O–H groups in total. The van der Waals surface area contributed by atoms with Gasteiger partial charge in [0.15, 0.2) is 0 Å². The summed E-state index contributed by atoms with van der Waals surface area (Å²) in [5, 5.41) is 2.93. The third-order valence-corrected chi connectivity index (χ3v) is 4.08. The van der Waals surface area contributed by atoms with Crippen LogP contribution in [0.3, 0.4) is 0 Å². The Morgan fingerprint density at radius 1 is 1.29 bits per heavy atom. The van der Waals surface area contributed by atoms with E-state index in [0.29, 0.717) is 21.7 Å². The number of ether oxygens (including phenoxy) is 1. The summed E-state index contributed by atoms with van der Waals surface area (Å²) in [6.07, 6.45) is 0. The van der Waals surface area contributed by atoms with E-state index in [2.05, 4.69) is 21.2 Å². The Balaban J connectivity index is 2.20. The zero-order chi connectivity index (χ0) is 15.2. The molecule has 1 amide bonds. The molecular weight excluding hydrogens is 354 g/mol. The number of benzene rings is 2. The van der Waals surface area contributed by atoms with Gasteiger partial charge in [-0.2, -0.15) is 0 Å². The Kier molecular flexibility index (Phi) is 5.65. The maximum Gasteiger partial charge on any atom is 0.253 e. The fourth-order valence-electron chi connectivity index (χ4n) is 1.94. The van der Waals surface area contributed by atoms with E-state index in [1.807, 2.05) is 30.3 Å². The third-order valence-electron chi connectivity index (χ3n) is 3.08. The topological polar surface area (TPSA) is 38.3 Å². The van der Waals surface area contributed by atoms with Crippen LogP contribution in [0.2, 0.25) is 0 Å². The highest BCUT2D eigenvalue weighted by molar-refractivity contribution is 9.10. The van der Waals surface area contributed by atoms with Gasteiger partial charge in [-0.15, -0.1) is 11.6 Å². The maximum atomic E-state index is 12.4. The molecule has 0 spiro atoms. The average molecular weight is 369 g/mol. The second kappa shape index (κ2) is 7.48. The van der Waals surface area contributed by atoms with Gasteiger partial charge in [-0.05, 0) is 39.7 Å². The highest BCUT2D eigenvalue weighted by atomic mass is 79.9. The predicted molar refractivity (Wildman–Crippen MR) is 88.1 cm³/mol. The number of hydrogen-bond acceptors (Lipinski definition) is 2. The highest BCUT2D eigenvalue weighted by Crippen LogP contribution is 2.23. The third kappa shape index (κ3) is 3.99. The lowest BCUT2D eigenvalue weighted by Gasteiger charge is -2.17. The molecule has 0 saturated heterocycles. The Labute approximate surface area is 137 Å². The molecule has 2 rings (SSSR count). The van der Waals surface area contributed by atoms with E-state index in [9.17, 15) is 4.79 Å². The summed E-state index contributed by atoms with van der Waals surface area (Å²) in [6.45, 7) is 0. The largest absolute Gasteiger partial charge is 0.497 e. The van der Waals surface area contributed by atoms with Crippen molar-refractivity contribution in [1.82, 2.24) is 5.32 Å². The quantitative estimate of drug-likeness (QED) is 0.805. The van der Waals surface area contributed by atoms with Gasteiger partial charge in [-0.25, -0.2) is 0 Å². The molecule has 0 radical (unpaired) electrons. The van der Waals surface area contributed by atoms with Crippen LogP contribution in [-0.4, -0.2) is 18.9 Å². The van der Waals surface area contributed by atoms with E-state index in [1.54, 1.807) is 25.3 Å². The molecule has 5 heteroatoms. The first-order chi connectivity index (χ1) is 10.2. The van der Waals surface area contributed by atoms with Crippen molar-refractivity contribution in [3.63, 3.8) is 0 Å². The van der Waals surface area contributed by atoms with Crippen LogP contribution < -0.4 is 10.1 Å². The number of halogens is 2. The molecule has 1 atom stereocenters. The van der Waals surface area contributed by atoms with Crippen molar-refractivity contribution >= 4 is 33.4 Å². The molecule has 0 aliphatic heterocycles. The monoisotopic (exact) mass is 367 g/mol. The minimum absolute atomic E-state index is 0.199. The first-order valence-corrected chi connectivity index (χ1v) is 7.73. The summed E-state index contributed by atoms with van der Waals surface area (Å²) in [6, 6.07) is 14.7. The van der Waals surface area contributed by atoms with Gasteiger partial charge in [-0.3, -0.25) is 4.79 Å². The van der Waals surface area contributed by atoms with Crippen LogP contribution in [0.1, 0.15) is 22.0 Å². The van der Waals surface area contributed by atoms with E-state index >= 15 is 0 Å². The average Bonchev–Trinajstić information content (AvgIpc) is 2.53. The fraction of sp³-hybridized carbons (Fsp3) is 0.188. The normalized spacial score (nSPS) is 11.8. The minimum Gasteiger partial charge on any atom is -0.497 e. The molecule has 0 aromatic heterocycles. The number of amides is 1. The van der Waals surface area contributed by atoms with Gasteiger partial charge in [0.05, 0.1) is 18.7 Å². The second-order valence-corrected chi connectivity index (χ2v) is 5.60. The van der Waals surface area contributed by atoms with E-state index in [0.717, 1.165) is 5.56 Å². The standard InChI is InChI=1S/C16H15BrClNO2/c1-21-12-7-8-14(17)13(9-12)16(20)19-15(10-18)11-5-3-2-4-6-11/h2-9,15H,10H2,1H3,(H,19,20). The molecular formula is C16H15BrClNO2. The second-order valence-electron chi connectivity index (χ2n) is 4.44. The van der Waals surface area contributed by atoms with E-state index in [-0.39, 0.29) is 11.9 Å². The molecule has 21 heavy (non-hydrogen) atoms. The predicted octanol–water partition coefficient (Wildman–Crippen LogP) is 4.17. The van der Waals surface area contributed by atoms with Crippen LogP contribution >= 0.6 is 27.5 Å². The molecule has 0 bridgehead atoms. The van der Waals surface area contributed by atoms with E-state index in [1.165, 1.54) is 0 Å². The maximum absolute atomic E-state index is 12.4. The summed E-state index contributed by atoms with van der Waals surface area (Å²) in [5.41, 5.74) is 1.49. The van der Waals surface area contributed by atoms with Gasteiger partial charge in [0.25, 0.3) is 5.91 Å². The van der Waals surface area contributed by atoms with E-state index < -0.39 is 0 Å². The number of carbonyl (C=O) groups is 1. The van der Waals surface area contributed by atoms with Crippen LogP contribution in [0.25, 0.3) is 0 Å². The number of hydrogen-bond donors (Lipinski definition) is 1. The lowest BCUT2D eigenvalue weighted by Crippen LogP contribution is -2.29. The van der Waals surface area contributed by atoms with Crippen LogP contribution in [0.15, 0.2) is 53.0 Å². The molecule has 0 saturated carbocycles. The van der Waals surface area contributed by atoms with Crippen molar-refractivity contribution < 1.29 is 9.53 Å². The fourth-order valence-corrected chi connectivity index (χ4v) is 2.62. The van der Waals surface area contributed by atoms with Crippen LogP contribution in [0.5, 0.6) is 5.75 Å². The molecule has 1 unspecified atom stereocenters. The molecule has 3 nitrogen and oxygen atoms in total. The lowest BCUT2D eigenvalue weighted by atomic mass is 10.1. The number of methoxy groups -OCH3 is 1. The number of carbonyl (C=O) groups excluding carboxylic acids is 1. The van der Waals surface area contributed by atoms with Crippen LogP contribution in [0, 0.1) is 0 Å². The number of rotatable bonds is 5. The summed E-state index contributed by atoms with van der Waals surface area (Å²) >= 11 is 9.36.